The van der Waals surface area contributed by atoms with Gasteiger partial charge in [-0.2, -0.15) is 0 Å². The largest absolute Gasteiger partial charge is 0.481 e. The molecule has 0 spiro atoms. The average molecular weight is 270 g/mol. The van der Waals surface area contributed by atoms with Crippen LogP contribution in [0, 0.1) is 11.8 Å². The Morgan fingerprint density at radius 1 is 1.42 bits per heavy atom. The second-order valence-electron chi connectivity index (χ2n) is 5.47. The van der Waals surface area contributed by atoms with Crippen LogP contribution in [0.2, 0.25) is 0 Å². The zero-order valence-electron chi connectivity index (χ0n) is 11.3. The molecular weight excluding hydrogens is 248 g/mol. The second kappa shape index (κ2) is 6.34. The molecule has 0 radical (unpaired) electrons. The summed E-state index contributed by atoms with van der Waals surface area (Å²) >= 11 is 0. The Labute approximate surface area is 113 Å². The summed E-state index contributed by atoms with van der Waals surface area (Å²) in [4.78, 5) is 24.9. The molecule has 19 heavy (non-hydrogen) atoms. The number of aliphatic carboxylic acids is 1. The number of nitrogens with one attached hydrogen (secondary N) is 1. The van der Waals surface area contributed by atoms with Gasteiger partial charge in [-0.05, 0) is 31.8 Å². The Bertz CT molecular complexity index is 342. The van der Waals surface area contributed by atoms with Crippen molar-refractivity contribution in [3.8, 4) is 0 Å². The third-order valence-electron chi connectivity index (χ3n) is 4.12. The molecule has 3 atom stereocenters. The maximum absolute atomic E-state index is 12.2. The van der Waals surface area contributed by atoms with Gasteiger partial charge in [-0.1, -0.05) is 0 Å². The lowest BCUT2D eigenvalue weighted by molar-refractivity contribution is -0.144. The fourth-order valence-corrected chi connectivity index (χ4v) is 2.83. The van der Waals surface area contributed by atoms with Gasteiger partial charge in [0, 0.05) is 13.5 Å². The standard InChI is InChI=1S/C13H22N2O4/c1-15(11-8-19-7-10(11)13(17)18)12(16)5-9-3-2-4-14-6-9/h9-11,14H,2-8H2,1H3,(H,17,18). The van der Waals surface area contributed by atoms with Crippen LogP contribution >= 0.6 is 0 Å². The van der Waals surface area contributed by atoms with E-state index in [1.807, 2.05) is 0 Å². The summed E-state index contributed by atoms with van der Waals surface area (Å²) in [5.41, 5.74) is 0. The molecule has 2 rings (SSSR count). The predicted molar refractivity (Wildman–Crippen MR) is 68.7 cm³/mol. The lowest BCUT2D eigenvalue weighted by atomic mass is 9.94. The number of amides is 1. The minimum Gasteiger partial charge on any atom is -0.481 e. The van der Waals surface area contributed by atoms with Crippen molar-refractivity contribution in [3.05, 3.63) is 0 Å². The van der Waals surface area contributed by atoms with Crippen LogP contribution in [0.1, 0.15) is 19.3 Å². The van der Waals surface area contributed by atoms with Crippen molar-refractivity contribution in [2.45, 2.75) is 25.3 Å². The van der Waals surface area contributed by atoms with Crippen molar-refractivity contribution < 1.29 is 19.4 Å². The molecule has 2 saturated heterocycles. The number of nitrogens with zero attached hydrogens (tertiary/aromatic N) is 1. The molecule has 6 heteroatoms. The van der Waals surface area contributed by atoms with Gasteiger partial charge in [0.05, 0.1) is 19.3 Å². The van der Waals surface area contributed by atoms with Crippen molar-refractivity contribution >= 4 is 11.9 Å². The Balaban J connectivity index is 1.88. The quantitative estimate of drug-likeness (QED) is 0.748. The molecule has 3 unspecified atom stereocenters. The van der Waals surface area contributed by atoms with E-state index in [1.54, 1.807) is 11.9 Å². The van der Waals surface area contributed by atoms with Gasteiger partial charge >= 0.3 is 5.97 Å². The van der Waals surface area contributed by atoms with Crippen LogP contribution in [-0.4, -0.2) is 61.3 Å². The van der Waals surface area contributed by atoms with Crippen LogP contribution in [0.4, 0.5) is 0 Å². The monoisotopic (exact) mass is 270 g/mol. The van der Waals surface area contributed by atoms with Crippen LogP contribution in [0.5, 0.6) is 0 Å². The molecular formula is C13H22N2O4. The first-order valence-electron chi connectivity index (χ1n) is 6.86. The van der Waals surface area contributed by atoms with Crippen molar-refractivity contribution in [2.24, 2.45) is 11.8 Å². The molecule has 108 valence electrons. The summed E-state index contributed by atoms with van der Waals surface area (Å²) in [5, 5.41) is 12.4. The van der Waals surface area contributed by atoms with E-state index in [1.165, 1.54) is 0 Å². The topological polar surface area (TPSA) is 78.9 Å². The van der Waals surface area contributed by atoms with Gasteiger partial charge in [-0.25, -0.2) is 0 Å². The SMILES string of the molecule is CN(C(=O)CC1CCCNC1)C1COCC1C(=O)O. The molecule has 0 saturated carbocycles. The Morgan fingerprint density at radius 2 is 2.21 bits per heavy atom. The van der Waals surface area contributed by atoms with Gasteiger partial charge in [-0.3, -0.25) is 9.59 Å². The summed E-state index contributed by atoms with van der Waals surface area (Å²) in [6.07, 6.45) is 2.66. The number of likely N-dealkylation sites (N-methyl/N-ethyl adjacent to an activating group) is 1. The highest BCUT2D eigenvalue weighted by Gasteiger charge is 2.38. The number of piperidine rings is 1. The molecule has 0 bridgehead atoms. The number of carboxylic acids is 1. The van der Waals surface area contributed by atoms with Crippen molar-refractivity contribution in [3.63, 3.8) is 0 Å². The molecule has 1 amide bonds. The first kappa shape index (κ1) is 14.3. The average Bonchev–Trinajstić information content (AvgIpc) is 2.88. The zero-order chi connectivity index (χ0) is 13.8. The van der Waals surface area contributed by atoms with E-state index >= 15 is 0 Å². The highest BCUT2D eigenvalue weighted by atomic mass is 16.5. The second-order valence-corrected chi connectivity index (χ2v) is 5.47. The van der Waals surface area contributed by atoms with E-state index in [9.17, 15) is 9.59 Å². The minimum atomic E-state index is -0.888. The summed E-state index contributed by atoms with van der Waals surface area (Å²) in [5.74, 6) is -1.09. The highest BCUT2D eigenvalue weighted by Crippen LogP contribution is 2.22. The smallest absolute Gasteiger partial charge is 0.311 e. The number of carbonyl (C=O) groups excluding carboxylic acids is 1. The molecule has 2 aliphatic rings. The summed E-state index contributed by atoms with van der Waals surface area (Å²) in [6.45, 7) is 2.42. The van der Waals surface area contributed by atoms with Crippen LogP contribution in [0.3, 0.4) is 0 Å². The Kier molecular flexibility index (Phi) is 4.76. The van der Waals surface area contributed by atoms with E-state index in [2.05, 4.69) is 5.32 Å². The van der Waals surface area contributed by atoms with Gasteiger partial charge < -0.3 is 20.1 Å². The number of carbonyl (C=O) groups is 2. The molecule has 0 aromatic carbocycles. The summed E-state index contributed by atoms with van der Waals surface area (Å²) in [7, 11) is 1.69. The van der Waals surface area contributed by atoms with E-state index in [0.717, 1.165) is 25.9 Å². The van der Waals surface area contributed by atoms with Gasteiger partial charge in [0.25, 0.3) is 0 Å². The van der Waals surface area contributed by atoms with Crippen LogP contribution in [-0.2, 0) is 14.3 Å². The lowest BCUT2D eigenvalue weighted by Crippen LogP contribution is -2.45. The molecule has 6 nitrogen and oxygen atoms in total. The summed E-state index contributed by atoms with van der Waals surface area (Å²) in [6, 6.07) is -0.332. The third kappa shape index (κ3) is 3.45. The number of rotatable bonds is 4. The number of hydrogen-bond donors (Lipinski definition) is 2. The van der Waals surface area contributed by atoms with E-state index in [4.69, 9.17) is 9.84 Å². The molecule has 0 aliphatic carbocycles. The first-order chi connectivity index (χ1) is 9.09. The van der Waals surface area contributed by atoms with Gasteiger partial charge in [-0.15, -0.1) is 0 Å². The normalized spacial score (nSPS) is 31.1. The maximum atomic E-state index is 12.2. The molecule has 2 N–H and O–H groups in total. The zero-order valence-corrected chi connectivity index (χ0v) is 11.3. The Hall–Kier alpha value is -1.14. The predicted octanol–water partition coefficient (Wildman–Crippen LogP) is -0.0659. The fraction of sp³-hybridized carbons (Fsp3) is 0.846. The fourth-order valence-electron chi connectivity index (χ4n) is 2.83. The van der Waals surface area contributed by atoms with Crippen LogP contribution in [0.25, 0.3) is 0 Å². The number of hydrogen-bond acceptors (Lipinski definition) is 4. The minimum absolute atomic E-state index is 0.0236. The molecule has 0 aromatic rings. The van der Waals surface area contributed by atoms with Crippen molar-refractivity contribution in [1.82, 2.24) is 10.2 Å². The number of carboxylic acid groups (broad SMARTS) is 1. The maximum Gasteiger partial charge on any atom is 0.311 e. The van der Waals surface area contributed by atoms with E-state index in [0.29, 0.717) is 18.9 Å². The van der Waals surface area contributed by atoms with Gasteiger partial charge in [0.15, 0.2) is 0 Å². The van der Waals surface area contributed by atoms with Crippen molar-refractivity contribution in [1.29, 1.82) is 0 Å². The van der Waals surface area contributed by atoms with Gasteiger partial charge in [0.2, 0.25) is 5.91 Å². The third-order valence-corrected chi connectivity index (χ3v) is 4.12. The summed E-state index contributed by atoms with van der Waals surface area (Å²) < 4.78 is 5.21. The van der Waals surface area contributed by atoms with Crippen LogP contribution < -0.4 is 5.32 Å². The Morgan fingerprint density at radius 3 is 2.84 bits per heavy atom. The van der Waals surface area contributed by atoms with Crippen LogP contribution in [0.15, 0.2) is 0 Å². The first-order valence-corrected chi connectivity index (χ1v) is 6.86. The van der Waals surface area contributed by atoms with Crippen molar-refractivity contribution in [2.75, 3.05) is 33.4 Å². The highest BCUT2D eigenvalue weighted by molar-refractivity contribution is 5.78. The van der Waals surface area contributed by atoms with E-state index < -0.39 is 11.9 Å². The molecule has 2 fully saturated rings. The molecule has 2 heterocycles. The molecule has 2 aliphatic heterocycles. The number of ether oxygens (including phenoxy) is 1. The lowest BCUT2D eigenvalue weighted by Gasteiger charge is -2.29. The van der Waals surface area contributed by atoms with E-state index in [-0.39, 0.29) is 18.6 Å². The molecule has 0 aromatic heterocycles. The van der Waals surface area contributed by atoms with Gasteiger partial charge in [0.1, 0.15) is 5.92 Å².